The third-order valence-corrected chi connectivity index (χ3v) is 3.71. The quantitative estimate of drug-likeness (QED) is 0.908. The third-order valence-electron chi connectivity index (χ3n) is 3.18. The fraction of sp³-hybridized carbons (Fsp3) is 0.125. The number of rotatable bonds is 2. The molecule has 2 aromatic rings. The van der Waals surface area contributed by atoms with Crippen molar-refractivity contribution in [2.24, 2.45) is 0 Å². The predicted molar refractivity (Wildman–Crippen MR) is 79.0 cm³/mol. The van der Waals surface area contributed by atoms with Gasteiger partial charge in [-0.3, -0.25) is 0 Å². The average Bonchev–Trinajstić information content (AvgIpc) is 2.45. The van der Waals surface area contributed by atoms with Crippen LogP contribution in [-0.2, 0) is 0 Å². The van der Waals surface area contributed by atoms with Crippen molar-refractivity contribution in [3.63, 3.8) is 0 Å². The summed E-state index contributed by atoms with van der Waals surface area (Å²) in [6.07, 6.45) is 2.90. The summed E-state index contributed by atoms with van der Waals surface area (Å²) in [5.41, 5.74) is 1.96. The third kappa shape index (κ3) is 2.57. The maximum Gasteiger partial charge on any atom is 0.147 e. The molecule has 96 valence electrons. The van der Waals surface area contributed by atoms with Crippen molar-refractivity contribution in [1.82, 2.24) is 0 Å². The molecule has 1 unspecified atom stereocenters. The Bertz CT molecular complexity index is 604. The molecule has 0 spiro atoms. The van der Waals surface area contributed by atoms with Crippen LogP contribution in [0.5, 0.6) is 5.75 Å². The highest BCUT2D eigenvalue weighted by atomic mass is 79.9. The van der Waals surface area contributed by atoms with Gasteiger partial charge in [-0.2, -0.15) is 0 Å². The number of aliphatic hydroxyl groups is 1. The second-order valence-electron chi connectivity index (χ2n) is 4.47. The van der Waals surface area contributed by atoms with Gasteiger partial charge in [0.25, 0.3) is 0 Å². The van der Waals surface area contributed by atoms with E-state index in [4.69, 9.17) is 4.74 Å². The zero-order chi connectivity index (χ0) is 13.2. The van der Waals surface area contributed by atoms with Crippen LogP contribution < -0.4 is 4.74 Å². The lowest BCUT2D eigenvalue weighted by molar-refractivity contribution is 0.0623. The minimum atomic E-state index is -0.634. The second-order valence-corrected chi connectivity index (χ2v) is 5.38. The first-order valence-corrected chi connectivity index (χ1v) is 6.91. The lowest BCUT2D eigenvalue weighted by Crippen LogP contribution is -2.25. The Morgan fingerprint density at radius 3 is 2.53 bits per heavy atom. The molecule has 0 aromatic heterocycles. The Morgan fingerprint density at radius 2 is 1.74 bits per heavy atom. The molecule has 19 heavy (non-hydrogen) atoms. The minimum Gasteiger partial charge on any atom is -0.483 e. The molecule has 0 saturated heterocycles. The molecule has 1 aliphatic carbocycles. The van der Waals surface area contributed by atoms with Gasteiger partial charge in [0.15, 0.2) is 0 Å². The van der Waals surface area contributed by atoms with Crippen LogP contribution in [0.25, 0.3) is 6.08 Å². The number of fused-ring (bicyclic) bond motifs is 1. The summed E-state index contributed by atoms with van der Waals surface area (Å²) in [7, 11) is 0. The summed E-state index contributed by atoms with van der Waals surface area (Å²) in [6.45, 7) is 0. The van der Waals surface area contributed by atoms with Crippen LogP contribution in [0.3, 0.4) is 0 Å². The normalized spacial score (nSPS) is 20.9. The molecule has 2 nitrogen and oxygen atoms in total. The summed E-state index contributed by atoms with van der Waals surface area (Å²) in [4.78, 5) is 0. The van der Waals surface area contributed by atoms with Crippen LogP contribution in [-0.4, -0.2) is 11.2 Å². The van der Waals surface area contributed by atoms with E-state index in [1.54, 1.807) is 0 Å². The molecular weight excluding hydrogens is 304 g/mol. The summed E-state index contributed by atoms with van der Waals surface area (Å²) < 4.78 is 6.83. The van der Waals surface area contributed by atoms with E-state index in [9.17, 15) is 5.11 Å². The number of ether oxygens (including phenoxy) is 1. The van der Waals surface area contributed by atoms with Crippen molar-refractivity contribution in [3.8, 4) is 5.75 Å². The zero-order valence-corrected chi connectivity index (χ0v) is 11.7. The fourth-order valence-electron chi connectivity index (χ4n) is 2.19. The van der Waals surface area contributed by atoms with E-state index in [-0.39, 0.29) is 6.10 Å². The van der Waals surface area contributed by atoms with Crippen molar-refractivity contribution >= 4 is 22.0 Å². The largest absolute Gasteiger partial charge is 0.483 e. The highest BCUT2D eigenvalue weighted by Crippen LogP contribution is 2.30. The first kappa shape index (κ1) is 12.5. The van der Waals surface area contributed by atoms with E-state index >= 15 is 0 Å². The summed E-state index contributed by atoms with van der Waals surface area (Å²) in [5, 5.41) is 10.4. The molecule has 1 aliphatic rings. The molecule has 3 rings (SSSR count). The van der Waals surface area contributed by atoms with Gasteiger partial charge in [-0.15, -0.1) is 0 Å². The van der Waals surface area contributed by atoms with Crippen LogP contribution in [0.4, 0.5) is 0 Å². The second kappa shape index (κ2) is 5.19. The molecule has 1 N–H and O–H groups in total. The molecule has 0 saturated carbocycles. The first-order chi connectivity index (χ1) is 9.24. The SMILES string of the molecule is O[C@@H]1c2ccccc2C=CC1Oc1ccc(Br)cc1. The fourth-order valence-corrected chi connectivity index (χ4v) is 2.45. The van der Waals surface area contributed by atoms with Crippen LogP contribution in [0.1, 0.15) is 17.2 Å². The van der Waals surface area contributed by atoms with E-state index in [0.29, 0.717) is 0 Å². The van der Waals surface area contributed by atoms with Crippen molar-refractivity contribution in [2.45, 2.75) is 12.2 Å². The molecule has 0 amide bonds. The first-order valence-electron chi connectivity index (χ1n) is 6.11. The maximum atomic E-state index is 10.4. The van der Waals surface area contributed by atoms with E-state index in [1.165, 1.54) is 0 Å². The minimum absolute atomic E-state index is 0.351. The molecular formula is C16H13BrO2. The number of benzene rings is 2. The Morgan fingerprint density at radius 1 is 1.00 bits per heavy atom. The van der Waals surface area contributed by atoms with Crippen LogP contribution in [0.15, 0.2) is 59.1 Å². The lowest BCUT2D eigenvalue weighted by Gasteiger charge is -2.26. The molecule has 2 atom stereocenters. The van der Waals surface area contributed by atoms with Gasteiger partial charge in [0.2, 0.25) is 0 Å². The number of aliphatic hydroxyl groups excluding tert-OH is 1. The Kier molecular flexibility index (Phi) is 3.40. The average molecular weight is 317 g/mol. The Labute approximate surface area is 120 Å². The van der Waals surface area contributed by atoms with Gasteiger partial charge >= 0.3 is 0 Å². The lowest BCUT2D eigenvalue weighted by atomic mass is 9.93. The summed E-state index contributed by atoms with van der Waals surface area (Å²) in [6, 6.07) is 15.4. The molecule has 0 aliphatic heterocycles. The zero-order valence-electron chi connectivity index (χ0n) is 10.2. The van der Waals surface area contributed by atoms with E-state index in [0.717, 1.165) is 21.3 Å². The molecule has 2 aromatic carbocycles. The number of halogens is 1. The molecule has 0 heterocycles. The highest BCUT2D eigenvalue weighted by molar-refractivity contribution is 9.10. The molecule has 0 radical (unpaired) electrons. The Balaban J connectivity index is 1.83. The molecule has 0 bridgehead atoms. The van der Waals surface area contributed by atoms with E-state index < -0.39 is 6.10 Å². The standard InChI is InChI=1S/C16H13BrO2/c17-12-6-8-13(9-7-12)19-15-10-5-11-3-1-2-4-14(11)16(15)18/h1-10,15-16,18H/t15?,16-/m1/s1. The van der Waals surface area contributed by atoms with Gasteiger partial charge in [-0.05, 0) is 41.5 Å². The smallest absolute Gasteiger partial charge is 0.147 e. The van der Waals surface area contributed by atoms with Gasteiger partial charge in [0.1, 0.15) is 18.0 Å². The number of hydrogen-bond acceptors (Lipinski definition) is 2. The predicted octanol–water partition coefficient (Wildman–Crippen LogP) is 3.96. The molecule has 0 fully saturated rings. The van der Waals surface area contributed by atoms with Crippen molar-refractivity contribution in [2.75, 3.05) is 0 Å². The summed E-state index contributed by atoms with van der Waals surface area (Å²) in [5.74, 6) is 0.747. The van der Waals surface area contributed by atoms with Crippen LogP contribution >= 0.6 is 15.9 Å². The monoisotopic (exact) mass is 316 g/mol. The van der Waals surface area contributed by atoms with Crippen LogP contribution in [0.2, 0.25) is 0 Å². The maximum absolute atomic E-state index is 10.4. The van der Waals surface area contributed by atoms with Crippen molar-refractivity contribution < 1.29 is 9.84 Å². The van der Waals surface area contributed by atoms with E-state index in [2.05, 4.69) is 15.9 Å². The van der Waals surface area contributed by atoms with Gasteiger partial charge in [-0.25, -0.2) is 0 Å². The van der Waals surface area contributed by atoms with Crippen LogP contribution in [0, 0.1) is 0 Å². The summed E-state index contributed by atoms with van der Waals surface area (Å²) >= 11 is 3.38. The van der Waals surface area contributed by atoms with Gasteiger partial charge in [-0.1, -0.05) is 46.3 Å². The van der Waals surface area contributed by atoms with Gasteiger partial charge < -0.3 is 9.84 Å². The van der Waals surface area contributed by atoms with Gasteiger partial charge in [0, 0.05) is 4.47 Å². The Hall–Kier alpha value is -1.58. The van der Waals surface area contributed by atoms with Crippen molar-refractivity contribution in [3.05, 3.63) is 70.2 Å². The van der Waals surface area contributed by atoms with Crippen molar-refractivity contribution in [1.29, 1.82) is 0 Å². The molecule has 3 heteroatoms. The highest BCUT2D eigenvalue weighted by Gasteiger charge is 2.25. The van der Waals surface area contributed by atoms with Gasteiger partial charge in [0.05, 0.1) is 0 Å². The number of hydrogen-bond donors (Lipinski definition) is 1. The topological polar surface area (TPSA) is 29.5 Å². The van der Waals surface area contributed by atoms with E-state index in [1.807, 2.05) is 60.7 Å².